The lowest BCUT2D eigenvalue weighted by molar-refractivity contribution is 0.0849. The zero-order chi connectivity index (χ0) is 18.8. The first-order chi connectivity index (χ1) is 12.7. The third-order valence-electron chi connectivity index (χ3n) is 4.51. The summed E-state index contributed by atoms with van der Waals surface area (Å²) in [5, 5.41) is 12.4. The molecule has 0 aromatic heterocycles. The molecule has 2 rings (SSSR count). The average Bonchev–Trinajstić information content (AvgIpc) is 2.67. The number of carbonyl (C=O) groups excluding carboxylic acids is 1. The van der Waals surface area contributed by atoms with Gasteiger partial charge in [-0.2, -0.15) is 0 Å². The van der Waals surface area contributed by atoms with Crippen LogP contribution in [0.15, 0.2) is 30.9 Å². The number of hydrogen-bond donors (Lipinski definition) is 2. The Labute approximate surface area is 155 Å². The number of nitrogens with one attached hydrogen (secondary N) is 1. The minimum Gasteiger partial charge on any atom is -0.490 e. The van der Waals surface area contributed by atoms with Crippen LogP contribution in [0.25, 0.3) is 0 Å². The maximum Gasteiger partial charge on any atom is 0.251 e. The third kappa shape index (κ3) is 5.75. The second-order valence-electron chi connectivity index (χ2n) is 6.32. The van der Waals surface area contributed by atoms with Crippen molar-refractivity contribution < 1.29 is 19.4 Å². The number of nitrogens with zero attached hydrogens (tertiary/aromatic N) is 1. The summed E-state index contributed by atoms with van der Waals surface area (Å²) < 4.78 is 11.1. The van der Waals surface area contributed by atoms with Crippen molar-refractivity contribution >= 4 is 5.91 Å². The fraction of sp³-hybridized carbons (Fsp3) is 0.550. The van der Waals surface area contributed by atoms with Gasteiger partial charge in [-0.3, -0.25) is 9.69 Å². The number of hydrogen-bond acceptors (Lipinski definition) is 5. The van der Waals surface area contributed by atoms with Gasteiger partial charge in [0.2, 0.25) is 0 Å². The van der Waals surface area contributed by atoms with Gasteiger partial charge in [0.15, 0.2) is 11.5 Å². The van der Waals surface area contributed by atoms with Crippen molar-refractivity contribution in [2.75, 3.05) is 39.5 Å². The second-order valence-corrected chi connectivity index (χ2v) is 6.32. The van der Waals surface area contributed by atoms with Crippen LogP contribution in [0, 0.1) is 0 Å². The molecular formula is C20H30N2O4. The van der Waals surface area contributed by atoms with Gasteiger partial charge in [-0.05, 0) is 44.5 Å². The molecule has 1 saturated heterocycles. The van der Waals surface area contributed by atoms with E-state index in [-0.39, 0.29) is 18.6 Å². The molecule has 6 heteroatoms. The first-order valence-electron chi connectivity index (χ1n) is 9.33. The van der Waals surface area contributed by atoms with E-state index in [0.29, 0.717) is 36.8 Å². The molecule has 144 valence electrons. The lowest BCUT2D eigenvalue weighted by atomic mass is 10.0. The van der Waals surface area contributed by atoms with Gasteiger partial charge in [0, 0.05) is 24.7 Å². The van der Waals surface area contributed by atoms with Crippen LogP contribution in [-0.2, 0) is 0 Å². The Morgan fingerprint density at radius 3 is 2.96 bits per heavy atom. The lowest BCUT2D eigenvalue weighted by Crippen LogP contribution is -2.45. The van der Waals surface area contributed by atoms with Crippen molar-refractivity contribution in [3.63, 3.8) is 0 Å². The highest BCUT2D eigenvalue weighted by atomic mass is 16.5. The highest BCUT2D eigenvalue weighted by Gasteiger charge is 2.21. The molecule has 2 N–H and O–H groups in total. The molecule has 1 aromatic carbocycles. The van der Waals surface area contributed by atoms with E-state index >= 15 is 0 Å². The molecule has 1 aliphatic heterocycles. The summed E-state index contributed by atoms with van der Waals surface area (Å²) >= 11 is 0. The Bertz CT molecular complexity index is 591. The molecule has 1 fully saturated rings. The van der Waals surface area contributed by atoms with Crippen molar-refractivity contribution in [2.45, 2.75) is 32.2 Å². The lowest BCUT2D eigenvalue weighted by Gasteiger charge is -2.34. The first kappa shape index (κ1) is 20.3. The predicted octanol–water partition coefficient (Wildman–Crippen LogP) is 2.23. The van der Waals surface area contributed by atoms with Crippen molar-refractivity contribution in [1.29, 1.82) is 0 Å². The van der Waals surface area contributed by atoms with Gasteiger partial charge in [-0.25, -0.2) is 0 Å². The summed E-state index contributed by atoms with van der Waals surface area (Å²) in [5.41, 5.74) is 0.539. The molecule has 0 bridgehead atoms. The molecular weight excluding hydrogens is 332 g/mol. The molecule has 6 nitrogen and oxygen atoms in total. The molecule has 0 unspecified atom stereocenters. The van der Waals surface area contributed by atoms with E-state index in [1.165, 1.54) is 0 Å². The van der Waals surface area contributed by atoms with Crippen LogP contribution in [0.1, 0.15) is 36.5 Å². The maximum absolute atomic E-state index is 12.4. The molecule has 0 saturated carbocycles. The van der Waals surface area contributed by atoms with Crippen LogP contribution >= 0.6 is 0 Å². The number of ether oxygens (including phenoxy) is 2. The van der Waals surface area contributed by atoms with Crippen LogP contribution in [0.3, 0.4) is 0 Å². The Hall–Kier alpha value is -2.05. The summed E-state index contributed by atoms with van der Waals surface area (Å²) in [6, 6.07) is 5.39. The number of piperidine rings is 1. The van der Waals surface area contributed by atoms with Gasteiger partial charge >= 0.3 is 0 Å². The van der Waals surface area contributed by atoms with Crippen LogP contribution in [0.2, 0.25) is 0 Å². The topological polar surface area (TPSA) is 71.0 Å². The minimum absolute atomic E-state index is 0.140. The maximum atomic E-state index is 12.4. The summed E-state index contributed by atoms with van der Waals surface area (Å²) in [6.07, 6.45) is 4.99. The normalized spacial score (nSPS) is 17.5. The first-order valence-corrected chi connectivity index (χ1v) is 9.33. The summed E-state index contributed by atoms with van der Waals surface area (Å²) in [5.74, 6) is 1.01. The number of aliphatic hydroxyl groups excluding tert-OH is 1. The van der Waals surface area contributed by atoms with Gasteiger partial charge in [0.05, 0.1) is 13.2 Å². The van der Waals surface area contributed by atoms with Crippen LogP contribution < -0.4 is 14.8 Å². The Kier molecular flexibility index (Phi) is 8.44. The van der Waals surface area contributed by atoms with Crippen molar-refractivity contribution in [2.24, 2.45) is 0 Å². The van der Waals surface area contributed by atoms with Crippen LogP contribution in [-0.4, -0.2) is 61.4 Å². The van der Waals surface area contributed by atoms with E-state index in [9.17, 15) is 9.90 Å². The van der Waals surface area contributed by atoms with Gasteiger partial charge in [0.1, 0.15) is 6.61 Å². The second kappa shape index (κ2) is 10.8. The molecule has 26 heavy (non-hydrogen) atoms. The van der Waals surface area contributed by atoms with E-state index in [0.717, 1.165) is 32.4 Å². The van der Waals surface area contributed by atoms with E-state index in [1.54, 1.807) is 24.3 Å². The molecule has 0 spiro atoms. The third-order valence-corrected chi connectivity index (χ3v) is 4.51. The summed E-state index contributed by atoms with van der Waals surface area (Å²) in [7, 11) is 0. The van der Waals surface area contributed by atoms with E-state index in [1.807, 2.05) is 6.92 Å². The van der Waals surface area contributed by atoms with E-state index in [2.05, 4.69) is 16.8 Å². The molecule has 0 aliphatic carbocycles. The van der Waals surface area contributed by atoms with Crippen LogP contribution in [0.5, 0.6) is 11.5 Å². The number of amides is 1. The Morgan fingerprint density at radius 1 is 1.38 bits per heavy atom. The van der Waals surface area contributed by atoms with E-state index < -0.39 is 0 Å². The fourth-order valence-electron chi connectivity index (χ4n) is 3.16. The Balaban J connectivity index is 1.91. The van der Waals surface area contributed by atoms with Crippen molar-refractivity contribution in [3.05, 3.63) is 36.4 Å². The number of carbonyl (C=O) groups is 1. The average molecular weight is 362 g/mol. The summed E-state index contributed by atoms with van der Waals surface area (Å²) in [6.45, 7) is 8.85. The van der Waals surface area contributed by atoms with Crippen molar-refractivity contribution in [1.82, 2.24) is 10.2 Å². The quantitative estimate of drug-likeness (QED) is 0.625. The zero-order valence-electron chi connectivity index (χ0n) is 15.6. The minimum atomic E-state index is -0.140. The number of likely N-dealkylation sites (tertiary alicyclic amines) is 1. The Morgan fingerprint density at radius 2 is 2.23 bits per heavy atom. The van der Waals surface area contributed by atoms with E-state index in [4.69, 9.17) is 9.47 Å². The molecule has 1 aromatic rings. The SMILES string of the molecule is C=CCOc1ccc(C(=O)NCCN2CCCC[C@@H]2CO)cc1OCC. The smallest absolute Gasteiger partial charge is 0.251 e. The van der Waals surface area contributed by atoms with Gasteiger partial charge in [-0.15, -0.1) is 0 Å². The number of benzene rings is 1. The monoisotopic (exact) mass is 362 g/mol. The highest BCUT2D eigenvalue weighted by Crippen LogP contribution is 2.28. The molecule has 1 aliphatic rings. The van der Waals surface area contributed by atoms with Crippen LogP contribution in [0.4, 0.5) is 0 Å². The summed E-state index contributed by atoms with van der Waals surface area (Å²) in [4.78, 5) is 14.7. The molecule has 0 radical (unpaired) electrons. The fourth-order valence-corrected chi connectivity index (χ4v) is 3.16. The number of aliphatic hydroxyl groups is 1. The standard InChI is InChI=1S/C20H30N2O4/c1-3-13-26-18-9-8-16(14-19(18)25-4-2)20(24)21-10-12-22-11-6-5-7-17(22)15-23/h3,8-9,14,17,23H,1,4-7,10-13,15H2,2H3,(H,21,24)/t17-/m1/s1. The number of rotatable bonds is 10. The van der Waals surface area contributed by atoms with Gasteiger partial charge in [-0.1, -0.05) is 19.1 Å². The van der Waals surface area contributed by atoms with Crippen molar-refractivity contribution in [3.8, 4) is 11.5 Å². The highest BCUT2D eigenvalue weighted by molar-refractivity contribution is 5.94. The zero-order valence-corrected chi connectivity index (χ0v) is 15.6. The predicted molar refractivity (Wildman–Crippen MR) is 102 cm³/mol. The van der Waals surface area contributed by atoms with Gasteiger partial charge in [0.25, 0.3) is 5.91 Å². The molecule has 1 amide bonds. The molecule has 1 atom stereocenters. The molecule has 1 heterocycles. The largest absolute Gasteiger partial charge is 0.490 e. The van der Waals surface area contributed by atoms with Gasteiger partial charge < -0.3 is 19.9 Å².